The second kappa shape index (κ2) is 43.7. The fourth-order valence-corrected chi connectivity index (χ4v) is 7.44. The molecule has 11 nitrogen and oxygen atoms in total. The topological polar surface area (TPSA) is 175 Å². The Hall–Kier alpha value is -2.90. The summed E-state index contributed by atoms with van der Waals surface area (Å²) >= 11 is 0. The summed E-state index contributed by atoms with van der Waals surface area (Å²) in [6.07, 6.45) is 45.8. The highest BCUT2D eigenvalue weighted by molar-refractivity contribution is 5.76. The molecule has 1 aliphatic heterocycles. The first kappa shape index (κ1) is 60.1. The maximum atomic E-state index is 12.9. The van der Waals surface area contributed by atoms with E-state index < -0.39 is 49.5 Å². The Labute approximate surface area is 394 Å². The molecule has 1 rings (SSSR count). The Morgan fingerprint density at radius 2 is 1.11 bits per heavy atom. The molecule has 0 aromatic rings. The number of nitrogens with one attached hydrogen (secondary N) is 1. The van der Waals surface area contributed by atoms with Gasteiger partial charge >= 0.3 is 5.97 Å². The van der Waals surface area contributed by atoms with Crippen LogP contribution >= 0.6 is 0 Å². The van der Waals surface area contributed by atoms with Crippen LogP contribution in [0.5, 0.6) is 0 Å². The lowest BCUT2D eigenvalue weighted by Crippen LogP contribution is -2.60. The highest BCUT2D eigenvalue weighted by Gasteiger charge is 2.44. The molecule has 1 aliphatic rings. The summed E-state index contributed by atoms with van der Waals surface area (Å²) in [5.74, 6) is -0.293. The second-order valence-electron chi connectivity index (χ2n) is 17.5. The number of carbonyl (C=O) groups is 2. The van der Waals surface area contributed by atoms with Gasteiger partial charge in [0.05, 0.1) is 32.0 Å². The second-order valence-corrected chi connectivity index (χ2v) is 17.5. The van der Waals surface area contributed by atoms with Crippen molar-refractivity contribution in [3.05, 3.63) is 72.9 Å². The summed E-state index contributed by atoms with van der Waals surface area (Å²) in [6, 6.07) is -0.854. The SMILES string of the molecule is C/C=C/CC/C=C/CC/C=C/C(O)C(COC1OC(CO)C(O)C(O)C1O)NC(=O)CCCCCCC/C=C\CCCCCOC(=O)CCCCCCC/C=C\C/C=C\CCCCCC. The molecule has 11 heteroatoms. The van der Waals surface area contributed by atoms with Crippen molar-refractivity contribution < 1.29 is 49.3 Å². The maximum Gasteiger partial charge on any atom is 0.305 e. The number of unbranched alkanes of at least 4 members (excludes halogenated alkanes) is 19. The molecule has 1 amide bonds. The molecule has 7 unspecified atom stereocenters. The zero-order valence-electron chi connectivity index (χ0n) is 40.7. The number of aliphatic hydroxyl groups excluding tert-OH is 5. The van der Waals surface area contributed by atoms with Crippen LogP contribution in [0.2, 0.25) is 0 Å². The zero-order chi connectivity index (χ0) is 47.4. The number of hydrogen-bond donors (Lipinski definition) is 6. The normalized spacial score (nSPS) is 20.4. The van der Waals surface area contributed by atoms with Crippen LogP contribution in [-0.2, 0) is 23.8 Å². The molecule has 1 heterocycles. The summed E-state index contributed by atoms with van der Waals surface area (Å²) < 4.78 is 16.6. The van der Waals surface area contributed by atoms with Gasteiger partial charge in [0, 0.05) is 12.8 Å². The van der Waals surface area contributed by atoms with Crippen molar-refractivity contribution in [3.8, 4) is 0 Å². The predicted molar refractivity (Wildman–Crippen MR) is 264 cm³/mol. The van der Waals surface area contributed by atoms with Gasteiger partial charge in [0.1, 0.15) is 24.4 Å². The van der Waals surface area contributed by atoms with E-state index in [0.29, 0.717) is 32.3 Å². The lowest BCUT2D eigenvalue weighted by atomic mass is 9.99. The number of esters is 1. The monoisotopic (exact) mass is 916 g/mol. The third-order valence-corrected chi connectivity index (χ3v) is 11.6. The van der Waals surface area contributed by atoms with Crippen molar-refractivity contribution in [2.75, 3.05) is 19.8 Å². The minimum atomic E-state index is -1.59. The molecule has 65 heavy (non-hydrogen) atoms. The standard InChI is InChI=1S/C54H93NO10/c1-3-5-7-9-11-13-14-15-16-17-18-22-26-30-34-38-42-50(59)63-43-39-35-31-27-23-20-19-21-25-29-33-37-41-49(58)55-46(47(57)40-36-32-28-24-12-10-8-6-4-2)45-64-54-53(62)52(61)51(60)48(44-56)65-54/h4,6,12-14,16-17,20,23-24,36,40,46-48,51-54,56-57,60-62H,3,5,7-11,15,18-19,21-22,25-35,37-39,41-45H2,1-2H3,(H,55,58)/b6-4+,14-13-,17-16-,23-20-,24-12+,40-36+. The smallest absolute Gasteiger partial charge is 0.305 e. The van der Waals surface area contributed by atoms with Gasteiger partial charge in [-0.05, 0) is 116 Å². The van der Waals surface area contributed by atoms with Crippen LogP contribution in [0, 0.1) is 0 Å². The largest absolute Gasteiger partial charge is 0.466 e. The van der Waals surface area contributed by atoms with Crippen LogP contribution in [0.15, 0.2) is 72.9 Å². The van der Waals surface area contributed by atoms with E-state index in [2.05, 4.69) is 66.9 Å². The fraction of sp³-hybridized carbons (Fsp3) is 0.741. The van der Waals surface area contributed by atoms with Crippen LogP contribution in [0.3, 0.4) is 0 Å². The van der Waals surface area contributed by atoms with Crippen LogP contribution in [0.1, 0.15) is 194 Å². The number of ether oxygens (including phenoxy) is 3. The number of allylic oxidation sites excluding steroid dienone is 11. The predicted octanol–water partition coefficient (Wildman–Crippen LogP) is 10.5. The minimum absolute atomic E-state index is 0.0642. The Morgan fingerprint density at radius 3 is 1.71 bits per heavy atom. The molecular weight excluding hydrogens is 823 g/mol. The van der Waals surface area contributed by atoms with E-state index in [-0.39, 0.29) is 18.5 Å². The first-order valence-electron chi connectivity index (χ1n) is 25.7. The van der Waals surface area contributed by atoms with Crippen molar-refractivity contribution in [2.24, 2.45) is 0 Å². The van der Waals surface area contributed by atoms with E-state index in [0.717, 1.165) is 103 Å². The summed E-state index contributed by atoms with van der Waals surface area (Å²) in [7, 11) is 0. The summed E-state index contributed by atoms with van der Waals surface area (Å²) in [4.78, 5) is 25.0. The highest BCUT2D eigenvalue weighted by Crippen LogP contribution is 2.22. The van der Waals surface area contributed by atoms with Gasteiger partial charge in [0.2, 0.25) is 5.91 Å². The van der Waals surface area contributed by atoms with Crippen LogP contribution in [0.25, 0.3) is 0 Å². The van der Waals surface area contributed by atoms with Gasteiger partial charge < -0.3 is 45.1 Å². The van der Waals surface area contributed by atoms with Crippen molar-refractivity contribution >= 4 is 11.9 Å². The van der Waals surface area contributed by atoms with Crippen LogP contribution in [-0.4, -0.2) is 100 Å². The van der Waals surface area contributed by atoms with Crippen molar-refractivity contribution in [1.29, 1.82) is 0 Å². The van der Waals surface area contributed by atoms with Crippen molar-refractivity contribution in [3.63, 3.8) is 0 Å². The summed E-state index contributed by atoms with van der Waals surface area (Å²) in [5.41, 5.74) is 0. The van der Waals surface area contributed by atoms with Gasteiger partial charge in [-0.15, -0.1) is 0 Å². The lowest BCUT2D eigenvalue weighted by molar-refractivity contribution is -0.302. The molecule has 0 radical (unpaired) electrons. The average Bonchev–Trinajstić information content (AvgIpc) is 3.30. The molecule has 0 aromatic heterocycles. The molecule has 1 fully saturated rings. The van der Waals surface area contributed by atoms with Gasteiger partial charge in [-0.2, -0.15) is 0 Å². The summed E-state index contributed by atoms with van der Waals surface area (Å²) in [5, 5.41) is 54.0. The van der Waals surface area contributed by atoms with Gasteiger partial charge in [0.15, 0.2) is 6.29 Å². The first-order valence-corrected chi connectivity index (χ1v) is 25.7. The Bertz CT molecular complexity index is 1310. The van der Waals surface area contributed by atoms with Gasteiger partial charge in [0.25, 0.3) is 0 Å². The average molecular weight is 916 g/mol. The number of amides is 1. The first-order chi connectivity index (χ1) is 31.7. The molecule has 0 bridgehead atoms. The van der Waals surface area contributed by atoms with Crippen molar-refractivity contribution in [1.82, 2.24) is 5.32 Å². The van der Waals surface area contributed by atoms with Crippen molar-refractivity contribution in [2.45, 2.75) is 236 Å². The van der Waals surface area contributed by atoms with E-state index in [1.807, 2.05) is 19.1 Å². The van der Waals surface area contributed by atoms with Crippen LogP contribution < -0.4 is 5.32 Å². The minimum Gasteiger partial charge on any atom is -0.466 e. The lowest BCUT2D eigenvalue weighted by Gasteiger charge is -2.40. The quantitative estimate of drug-likeness (QED) is 0.0196. The van der Waals surface area contributed by atoms with Crippen LogP contribution in [0.4, 0.5) is 0 Å². The molecule has 374 valence electrons. The third kappa shape index (κ3) is 34.1. The molecule has 7 atom stereocenters. The number of hydrogen-bond acceptors (Lipinski definition) is 10. The molecule has 0 aliphatic carbocycles. The van der Waals surface area contributed by atoms with E-state index in [9.17, 15) is 35.1 Å². The maximum absolute atomic E-state index is 12.9. The number of rotatable bonds is 42. The third-order valence-electron chi connectivity index (χ3n) is 11.6. The van der Waals surface area contributed by atoms with Gasteiger partial charge in [-0.1, -0.05) is 138 Å². The fourth-order valence-electron chi connectivity index (χ4n) is 7.44. The zero-order valence-corrected chi connectivity index (χ0v) is 40.7. The number of carbonyl (C=O) groups excluding carboxylic acids is 2. The van der Waals surface area contributed by atoms with E-state index in [1.54, 1.807) is 6.08 Å². The molecule has 0 spiro atoms. The Morgan fingerprint density at radius 1 is 0.600 bits per heavy atom. The molecule has 0 saturated carbocycles. The Balaban J connectivity index is 2.15. The van der Waals surface area contributed by atoms with E-state index >= 15 is 0 Å². The molecule has 0 aromatic carbocycles. The highest BCUT2D eigenvalue weighted by atomic mass is 16.7. The van der Waals surface area contributed by atoms with E-state index in [1.165, 1.54) is 51.4 Å². The molecule has 6 N–H and O–H groups in total. The Kier molecular flexibility index (Phi) is 40.4. The van der Waals surface area contributed by atoms with Gasteiger partial charge in [-0.25, -0.2) is 0 Å². The van der Waals surface area contributed by atoms with E-state index in [4.69, 9.17) is 14.2 Å². The van der Waals surface area contributed by atoms with Gasteiger partial charge in [-0.3, -0.25) is 9.59 Å². The molecule has 1 saturated heterocycles. The molecular formula is C54H93NO10. The number of aliphatic hydroxyl groups is 5. The summed E-state index contributed by atoms with van der Waals surface area (Å²) in [6.45, 7) is 3.95.